The maximum Gasteiger partial charge on any atom is 0.251 e. The van der Waals surface area contributed by atoms with Crippen LogP contribution in [0.2, 0.25) is 0 Å². The fraction of sp³-hybridized carbons (Fsp3) is 0.529. The molecule has 1 saturated heterocycles. The van der Waals surface area contributed by atoms with Crippen molar-refractivity contribution in [1.29, 1.82) is 0 Å². The molecule has 1 heterocycles. The summed E-state index contributed by atoms with van der Waals surface area (Å²) in [6.45, 7) is 3.83. The van der Waals surface area contributed by atoms with Crippen LogP contribution in [-0.4, -0.2) is 49.6 Å². The van der Waals surface area contributed by atoms with Crippen LogP contribution < -0.4 is 5.32 Å². The van der Waals surface area contributed by atoms with Gasteiger partial charge in [-0.3, -0.25) is 9.59 Å². The Morgan fingerprint density at radius 2 is 2.05 bits per heavy atom. The molecule has 5 nitrogen and oxygen atoms in total. The Morgan fingerprint density at radius 1 is 1.32 bits per heavy atom. The second-order valence-electron chi connectivity index (χ2n) is 5.74. The number of ether oxygens (including phenoxy) is 1. The zero-order valence-corrected chi connectivity index (χ0v) is 13.3. The molecule has 0 saturated carbocycles. The highest BCUT2D eigenvalue weighted by atomic mass is 16.5. The molecular formula is C17H24N2O3. The number of benzene rings is 1. The molecule has 120 valence electrons. The van der Waals surface area contributed by atoms with Crippen molar-refractivity contribution in [2.45, 2.75) is 32.2 Å². The summed E-state index contributed by atoms with van der Waals surface area (Å²) in [4.78, 5) is 26.0. The lowest BCUT2D eigenvalue weighted by atomic mass is 10.0. The highest BCUT2D eigenvalue weighted by Crippen LogP contribution is 2.13. The van der Waals surface area contributed by atoms with Crippen molar-refractivity contribution in [3.8, 4) is 0 Å². The second-order valence-corrected chi connectivity index (χ2v) is 5.74. The first kappa shape index (κ1) is 16.5. The number of hydrogen-bond acceptors (Lipinski definition) is 3. The van der Waals surface area contributed by atoms with Gasteiger partial charge in [0.2, 0.25) is 5.91 Å². The number of nitrogens with zero attached hydrogens (tertiary/aromatic N) is 1. The van der Waals surface area contributed by atoms with E-state index < -0.39 is 0 Å². The molecule has 1 aromatic carbocycles. The van der Waals surface area contributed by atoms with Crippen molar-refractivity contribution in [3.05, 3.63) is 35.4 Å². The molecule has 22 heavy (non-hydrogen) atoms. The Kier molecular flexibility index (Phi) is 5.95. The molecule has 1 aliphatic heterocycles. The molecule has 1 fully saturated rings. The number of hydrogen-bond donors (Lipinski definition) is 1. The van der Waals surface area contributed by atoms with Gasteiger partial charge in [0, 0.05) is 31.8 Å². The third-order valence-electron chi connectivity index (χ3n) is 3.98. The third kappa shape index (κ3) is 4.56. The summed E-state index contributed by atoms with van der Waals surface area (Å²) >= 11 is 0. The molecule has 0 spiro atoms. The van der Waals surface area contributed by atoms with E-state index in [0.717, 1.165) is 18.4 Å². The highest BCUT2D eigenvalue weighted by Gasteiger charge is 2.23. The number of amides is 2. The van der Waals surface area contributed by atoms with Crippen LogP contribution in [0.3, 0.4) is 0 Å². The maximum atomic E-state index is 12.2. The van der Waals surface area contributed by atoms with Gasteiger partial charge in [0.1, 0.15) is 0 Å². The van der Waals surface area contributed by atoms with E-state index in [1.54, 1.807) is 7.11 Å². The van der Waals surface area contributed by atoms with Gasteiger partial charge in [0.15, 0.2) is 0 Å². The molecule has 0 radical (unpaired) electrons. The third-order valence-corrected chi connectivity index (χ3v) is 3.98. The first-order valence-electron chi connectivity index (χ1n) is 7.74. The average Bonchev–Trinajstić information content (AvgIpc) is 2.53. The lowest BCUT2D eigenvalue weighted by Crippen LogP contribution is -2.46. The quantitative estimate of drug-likeness (QED) is 0.901. The van der Waals surface area contributed by atoms with Crippen molar-refractivity contribution in [2.75, 3.05) is 26.8 Å². The number of carbonyl (C=O) groups excluding carboxylic acids is 2. The molecule has 5 heteroatoms. The van der Waals surface area contributed by atoms with Gasteiger partial charge >= 0.3 is 0 Å². The molecule has 1 aliphatic rings. The van der Waals surface area contributed by atoms with Gasteiger partial charge in [-0.2, -0.15) is 0 Å². The normalized spacial score (nSPS) is 15.6. The molecule has 1 aromatic rings. The van der Waals surface area contributed by atoms with E-state index in [0.29, 0.717) is 31.7 Å². The number of piperidine rings is 1. The van der Waals surface area contributed by atoms with Crippen LogP contribution in [0.25, 0.3) is 0 Å². The van der Waals surface area contributed by atoms with Crippen molar-refractivity contribution >= 4 is 11.8 Å². The number of nitrogens with one attached hydrogen (secondary N) is 1. The smallest absolute Gasteiger partial charge is 0.251 e. The van der Waals surface area contributed by atoms with Gasteiger partial charge in [-0.25, -0.2) is 0 Å². The van der Waals surface area contributed by atoms with Gasteiger partial charge in [-0.05, 0) is 31.9 Å². The SMILES string of the molecule is COCCC(=O)N1CCC(NC(=O)c2cccc(C)c2)CC1. The van der Waals surface area contributed by atoms with Gasteiger partial charge < -0.3 is 15.0 Å². The predicted molar refractivity (Wildman–Crippen MR) is 84.7 cm³/mol. The van der Waals surface area contributed by atoms with Crippen LogP contribution in [0.15, 0.2) is 24.3 Å². The van der Waals surface area contributed by atoms with E-state index in [-0.39, 0.29) is 17.9 Å². The van der Waals surface area contributed by atoms with E-state index in [9.17, 15) is 9.59 Å². The minimum Gasteiger partial charge on any atom is -0.384 e. The number of methoxy groups -OCH3 is 1. The molecule has 2 amide bonds. The van der Waals surface area contributed by atoms with E-state index in [2.05, 4.69) is 5.32 Å². The summed E-state index contributed by atoms with van der Waals surface area (Å²) in [6.07, 6.45) is 2.03. The van der Waals surface area contributed by atoms with E-state index in [1.807, 2.05) is 36.1 Å². The maximum absolute atomic E-state index is 12.2. The standard InChI is InChI=1S/C17H24N2O3/c1-13-4-3-5-14(12-13)17(21)18-15-6-9-19(10-7-15)16(20)8-11-22-2/h3-5,12,15H,6-11H2,1-2H3,(H,18,21). The molecule has 0 aliphatic carbocycles. The summed E-state index contributed by atoms with van der Waals surface area (Å²) < 4.78 is 4.93. The van der Waals surface area contributed by atoms with E-state index >= 15 is 0 Å². The van der Waals surface area contributed by atoms with E-state index in [1.165, 1.54) is 0 Å². The van der Waals surface area contributed by atoms with Crippen molar-refractivity contribution in [1.82, 2.24) is 10.2 Å². The summed E-state index contributed by atoms with van der Waals surface area (Å²) in [5.74, 6) is 0.0955. The molecule has 0 bridgehead atoms. The van der Waals surface area contributed by atoms with Crippen LogP contribution in [0, 0.1) is 6.92 Å². The van der Waals surface area contributed by atoms with Crippen molar-refractivity contribution < 1.29 is 14.3 Å². The largest absolute Gasteiger partial charge is 0.384 e. The van der Waals surface area contributed by atoms with Crippen LogP contribution in [0.5, 0.6) is 0 Å². The first-order valence-corrected chi connectivity index (χ1v) is 7.74. The molecule has 0 aromatic heterocycles. The molecule has 0 atom stereocenters. The first-order chi connectivity index (χ1) is 10.6. The Labute approximate surface area is 131 Å². The predicted octanol–water partition coefficient (Wildman–Crippen LogP) is 1.75. The topological polar surface area (TPSA) is 58.6 Å². The second kappa shape index (κ2) is 7.94. The van der Waals surface area contributed by atoms with E-state index in [4.69, 9.17) is 4.74 Å². The Morgan fingerprint density at radius 3 is 2.68 bits per heavy atom. The number of likely N-dealkylation sites (tertiary alicyclic amines) is 1. The van der Waals surface area contributed by atoms with Crippen LogP contribution >= 0.6 is 0 Å². The Bertz CT molecular complexity index is 522. The average molecular weight is 304 g/mol. The number of carbonyl (C=O) groups is 2. The van der Waals surface area contributed by atoms with Gasteiger partial charge in [-0.1, -0.05) is 17.7 Å². The van der Waals surface area contributed by atoms with Crippen LogP contribution in [0.4, 0.5) is 0 Å². The van der Waals surface area contributed by atoms with Gasteiger partial charge in [0.25, 0.3) is 5.91 Å². The van der Waals surface area contributed by atoms with Crippen molar-refractivity contribution in [2.24, 2.45) is 0 Å². The summed E-state index contributed by atoms with van der Waals surface area (Å²) in [7, 11) is 1.60. The zero-order valence-electron chi connectivity index (χ0n) is 13.3. The number of aryl methyl sites for hydroxylation is 1. The van der Waals surface area contributed by atoms with Crippen LogP contribution in [-0.2, 0) is 9.53 Å². The molecule has 0 unspecified atom stereocenters. The highest BCUT2D eigenvalue weighted by molar-refractivity contribution is 5.94. The zero-order chi connectivity index (χ0) is 15.9. The summed E-state index contributed by atoms with van der Waals surface area (Å²) in [6, 6.07) is 7.71. The molecular weight excluding hydrogens is 280 g/mol. The summed E-state index contributed by atoms with van der Waals surface area (Å²) in [5.41, 5.74) is 1.77. The molecule has 2 rings (SSSR count). The number of rotatable bonds is 5. The minimum absolute atomic E-state index is 0.0344. The van der Waals surface area contributed by atoms with Gasteiger partial charge in [0.05, 0.1) is 13.0 Å². The lowest BCUT2D eigenvalue weighted by molar-refractivity contribution is -0.133. The minimum atomic E-state index is -0.0344. The van der Waals surface area contributed by atoms with Crippen LogP contribution in [0.1, 0.15) is 35.2 Å². The van der Waals surface area contributed by atoms with Crippen molar-refractivity contribution in [3.63, 3.8) is 0 Å². The monoisotopic (exact) mass is 304 g/mol. The fourth-order valence-corrected chi connectivity index (χ4v) is 2.68. The van der Waals surface area contributed by atoms with Gasteiger partial charge in [-0.15, -0.1) is 0 Å². The molecule has 1 N–H and O–H groups in total. The fourth-order valence-electron chi connectivity index (χ4n) is 2.68. The Balaban J connectivity index is 1.80. The lowest BCUT2D eigenvalue weighted by Gasteiger charge is -2.32. The summed E-state index contributed by atoms with van der Waals surface area (Å²) in [5, 5.41) is 3.06. The Hall–Kier alpha value is -1.88.